The monoisotopic (exact) mass is 531 g/mol. The number of ether oxygens (including phenoxy) is 1. The minimum atomic E-state index is -4.30. The van der Waals surface area contributed by atoms with Gasteiger partial charge in [-0.15, -0.1) is 0 Å². The molecule has 2 aliphatic heterocycles. The van der Waals surface area contributed by atoms with Crippen molar-refractivity contribution in [1.29, 1.82) is 5.41 Å². The number of likely N-dealkylation sites (tertiary alicyclic amines) is 1. The third kappa shape index (κ3) is 6.13. The smallest absolute Gasteiger partial charge is 0.392 e. The number of allylic oxidation sites excluding steroid dienone is 2. The summed E-state index contributed by atoms with van der Waals surface area (Å²) < 4.78 is 48.6. The third-order valence-corrected chi connectivity index (χ3v) is 6.51. The van der Waals surface area contributed by atoms with E-state index in [-0.39, 0.29) is 40.9 Å². The second-order valence-corrected chi connectivity index (χ2v) is 9.43. The first-order valence-corrected chi connectivity index (χ1v) is 12.0. The molecule has 2 aliphatic rings. The van der Waals surface area contributed by atoms with Gasteiger partial charge in [-0.2, -0.15) is 13.2 Å². The number of rotatable bonds is 7. The molecular formula is C26H28F3N5O4. The van der Waals surface area contributed by atoms with E-state index in [0.29, 0.717) is 36.5 Å². The topological polar surface area (TPSA) is 121 Å². The maximum absolute atomic E-state index is 12.9. The van der Waals surface area contributed by atoms with Crippen LogP contribution in [0.1, 0.15) is 42.2 Å². The van der Waals surface area contributed by atoms with E-state index in [1.807, 2.05) is 0 Å². The van der Waals surface area contributed by atoms with Gasteiger partial charge in [0, 0.05) is 43.8 Å². The molecule has 0 aliphatic carbocycles. The number of benzene rings is 1. The number of carbonyl (C=O) groups excluding carboxylic acids is 2. The molecule has 1 aromatic heterocycles. The molecule has 9 nitrogen and oxygen atoms in total. The Kier molecular flexibility index (Phi) is 7.72. The minimum absolute atomic E-state index is 0.0713. The van der Waals surface area contributed by atoms with Gasteiger partial charge in [0.25, 0.3) is 5.91 Å². The molecule has 2 saturated heterocycles. The van der Waals surface area contributed by atoms with Gasteiger partial charge in [-0.1, -0.05) is 18.2 Å². The van der Waals surface area contributed by atoms with Crippen molar-refractivity contribution in [3.8, 4) is 11.5 Å². The fraction of sp³-hybridized carbons (Fsp3) is 0.385. The van der Waals surface area contributed by atoms with Crippen LogP contribution >= 0.6 is 0 Å². The van der Waals surface area contributed by atoms with Gasteiger partial charge < -0.3 is 19.8 Å². The average Bonchev–Trinajstić information content (AvgIpc) is 3.62. The van der Waals surface area contributed by atoms with Crippen molar-refractivity contribution >= 4 is 23.2 Å². The highest BCUT2D eigenvalue weighted by Crippen LogP contribution is 2.39. The number of halogens is 3. The van der Waals surface area contributed by atoms with Crippen LogP contribution in [0.25, 0.3) is 17.0 Å². The van der Waals surface area contributed by atoms with Gasteiger partial charge in [-0.05, 0) is 36.6 Å². The Morgan fingerprint density at radius 2 is 2.13 bits per heavy atom. The van der Waals surface area contributed by atoms with Crippen LogP contribution in [0, 0.1) is 10.8 Å². The summed E-state index contributed by atoms with van der Waals surface area (Å²) in [6, 6.07) is 6.62. The summed E-state index contributed by atoms with van der Waals surface area (Å²) in [5.41, 5.74) is 1.18. The second-order valence-electron chi connectivity index (χ2n) is 9.43. The first-order valence-electron chi connectivity index (χ1n) is 12.0. The predicted molar refractivity (Wildman–Crippen MR) is 133 cm³/mol. The van der Waals surface area contributed by atoms with Crippen molar-refractivity contribution in [2.75, 3.05) is 26.8 Å². The third-order valence-electron chi connectivity index (χ3n) is 6.51. The van der Waals surface area contributed by atoms with Crippen LogP contribution in [-0.2, 0) is 9.53 Å². The zero-order valence-electron chi connectivity index (χ0n) is 20.9. The number of carbonyl (C=O) groups is 2. The second kappa shape index (κ2) is 10.8. The molecule has 38 heavy (non-hydrogen) atoms. The Hall–Kier alpha value is -3.93. The first kappa shape index (κ1) is 27.1. The standard InChI is InChI=1S/C26H28F3N5O4/c1-16(6-7-26(27,28)29)17-4-3-5-18(10-17)24-33-20(13-38-24)23(36)32-19(12-31-2)22(30)34-14-25(11-21(34)35)8-9-37-15-25/h3-6,10,12-13,30-31H,7-9,11,14-15H2,1-2H3,(H,32,36)/b16-6-,19-12+,30-22?. The molecule has 0 saturated carbocycles. The van der Waals surface area contributed by atoms with Crippen LogP contribution < -0.4 is 10.6 Å². The lowest BCUT2D eigenvalue weighted by atomic mass is 9.86. The summed E-state index contributed by atoms with van der Waals surface area (Å²) in [4.78, 5) is 31.1. The highest BCUT2D eigenvalue weighted by atomic mass is 19.4. The quantitative estimate of drug-likeness (QED) is 0.366. The maximum atomic E-state index is 12.9. The number of amidine groups is 1. The largest absolute Gasteiger partial charge is 0.444 e. The number of oxazole rings is 1. The van der Waals surface area contributed by atoms with E-state index in [9.17, 15) is 22.8 Å². The molecule has 2 fully saturated rings. The zero-order valence-corrected chi connectivity index (χ0v) is 20.9. The van der Waals surface area contributed by atoms with Gasteiger partial charge in [0.1, 0.15) is 6.26 Å². The Balaban J connectivity index is 1.47. The molecule has 1 atom stereocenters. The Morgan fingerprint density at radius 3 is 2.82 bits per heavy atom. The molecule has 3 heterocycles. The maximum Gasteiger partial charge on any atom is 0.392 e. The Morgan fingerprint density at radius 1 is 1.34 bits per heavy atom. The number of nitrogens with zero attached hydrogens (tertiary/aromatic N) is 2. The molecule has 1 aromatic carbocycles. The molecule has 2 amide bonds. The summed E-state index contributed by atoms with van der Waals surface area (Å²) in [5, 5.41) is 14.0. The van der Waals surface area contributed by atoms with Gasteiger partial charge in [0.15, 0.2) is 11.5 Å². The summed E-state index contributed by atoms with van der Waals surface area (Å²) in [7, 11) is 1.60. The van der Waals surface area contributed by atoms with Gasteiger partial charge in [0.05, 0.1) is 18.7 Å². The highest BCUT2D eigenvalue weighted by Gasteiger charge is 2.47. The van der Waals surface area contributed by atoms with E-state index in [2.05, 4.69) is 15.6 Å². The molecule has 2 aromatic rings. The van der Waals surface area contributed by atoms with Crippen LogP contribution in [0.3, 0.4) is 0 Å². The van der Waals surface area contributed by atoms with Crippen LogP contribution in [0.4, 0.5) is 13.2 Å². The molecule has 0 bridgehead atoms. The van der Waals surface area contributed by atoms with Gasteiger partial charge in [-0.25, -0.2) is 4.98 Å². The van der Waals surface area contributed by atoms with Crippen molar-refractivity contribution in [3.63, 3.8) is 0 Å². The molecule has 12 heteroatoms. The van der Waals surface area contributed by atoms with Crippen LogP contribution in [0.5, 0.6) is 0 Å². The Bertz CT molecular complexity index is 1290. The number of nitrogens with one attached hydrogen (secondary N) is 3. The molecule has 1 unspecified atom stereocenters. The van der Waals surface area contributed by atoms with E-state index in [4.69, 9.17) is 14.6 Å². The Labute approximate surface area is 217 Å². The number of hydrogen-bond acceptors (Lipinski definition) is 7. The minimum Gasteiger partial charge on any atom is -0.444 e. The summed E-state index contributed by atoms with van der Waals surface area (Å²) >= 11 is 0. The fourth-order valence-electron chi connectivity index (χ4n) is 4.45. The SMILES string of the molecule is CN/C=C(/NC(=O)c1coc(-c2cccc(/C(C)=C\CC(F)(F)F)c2)n1)C(=N)N1CC2(CCOC2)CC1=O. The van der Waals surface area contributed by atoms with E-state index in [1.165, 1.54) is 11.1 Å². The molecule has 4 rings (SSSR count). The summed E-state index contributed by atoms with van der Waals surface area (Å²) in [5.74, 6) is -0.916. The molecule has 202 valence electrons. The van der Waals surface area contributed by atoms with Crippen molar-refractivity contribution in [3.05, 3.63) is 59.8 Å². The fourth-order valence-corrected chi connectivity index (χ4v) is 4.45. The van der Waals surface area contributed by atoms with Crippen molar-refractivity contribution < 1.29 is 31.9 Å². The summed E-state index contributed by atoms with van der Waals surface area (Å²) in [6.07, 6.45) is -0.658. The van der Waals surface area contributed by atoms with Gasteiger partial charge >= 0.3 is 6.18 Å². The van der Waals surface area contributed by atoms with E-state index < -0.39 is 18.5 Å². The van der Waals surface area contributed by atoms with Gasteiger partial charge in [-0.3, -0.25) is 19.9 Å². The molecule has 0 radical (unpaired) electrons. The van der Waals surface area contributed by atoms with Crippen molar-refractivity contribution in [2.45, 2.75) is 32.4 Å². The number of amides is 2. The van der Waals surface area contributed by atoms with Crippen LogP contribution in [-0.4, -0.2) is 60.5 Å². The number of alkyl halides is 3. The predicted octanol–water partition coefficient (Wildman–Crippen LogP) is 4.10. The molecule has 1 spiro atoms. The van der Waals surface area contributed by atoms with Crippen LogP contribution in [0.15, 0.2) is 52.9 Å². The van der Waals surface area contributed by atoms with E-state index in [0.717, 1.165) is 18.8 Å². The highest BCUT2D eigenvalue weighted by molar-refractivity contribution is 6.09. The lowest BCUT2D eigenvalue weighted by molar-refractivity contribution is -0.125. The normalized spacial score (nSPS) is 20.3. The van der Waals surface area contributed by atoms with Crippen molar-refractivity contribution in [1.82, 2.24) is 20.5 Å². The summed E-state index contributed by atoms with van der Waals surface area (Å²) in [6.45, 7) is 2.95. The van der Waals surface area contributed by atoms with Gasteiger partial charge in [0.2, 0.25) is 11.8 Å². The molecular weight excluding hydrogens is 503 g/mol. The first-order chi connectivity index (χ1) is 18.0. The van der Waals surface area contributed by atoms with Crippen LogP contribution in [0.2, 0.25) is 0 Å². The average molecular weight is 532 g/mol. The van der Waals surface area contributed by atoms with E-state index in [1.54, 1.807) is 38.2 Å². The molecule has 3 N–H and O–H groups in total. The number of aromatic nitrogens is 1. The number of hydrogen-bond donors (Lipinski definition) is 3. The lowest BCUT2D eigenvalue weighted by Gasteiger charge is -2.23. The van der Waals surface area contributed by atoms with E-state index >= 15 is 0 Å². The van der Waals surface area contributed by atoms with Crippen molar-refractivity contribution in [2.24, 2.45) is 5.41 Å². The lowest BCUT2D eigenvalue weighted by Crippen LogP contribution is -2.40. The zero-order chi connectivity index (χ0) is 27.5.